The van der Waals surface area contributed by atoms with Gasteiger partial charge in [-0.15, -0.1) is 0 Å². The lowest BCUT2D eigenvalue weighted by Crippen LogP contribution is -2.30. The maximum absolute atomic E-state index is 13.5. The van der Waals surface area contributed by atoms with E-state index in [0.717, 1.165) is 10.4 Å². The highest BCUT2D eigenvalue weighted by atomic mass is 35.5. The molecule has 0 amide bonds. The van der Waals surface area contributed by atoms with Gasteiger partial charge in [0.25, 0.3) is 15.7 Å². The lowest BCUT2D eigenvalue weighted by atomic mass is 10.2. The SMILES string of the molecule is COc1ccc(N(Cc2cccc(Cl)c2)S(=O)(=O)c2cccc([N+](=O)[O-])c2)cc1OC. The fourth-order valence-electron chi connectivity index (χ4n) is 2.98. The quantitative estimate of drug-likeness (QED) is 0.356. The van der Waals surface area contributed by atoms with Gasteiger partial charge in [-0.25, -0.2) is 8.42 Å². The van der Waals surface area contributed by atoms with Gasteiger partial charge in [0, 0.05) is 23.2 Å². The van der Waals surface area contributed by atoms with Crippen molar-refractivity contribution < 1.29 is 22.8 Å². The molecule has 0 radical (unpaired) electrons. The number of anilines is 1. The molecule has 8 nitrogen and oxygen atoms in total. The number of sulfonamides is 1. The number of hydrogen-bond acceptors (Lipinski definition) is 6. The zero-order valence-electron chi connectivity index (χ0n) is 16.7. The number of halogens is 1. The molecule has 0 saturated carbocycles. The highest BCUT2D eigenvalue weighted by Gasteiger charge is 2.28. The summed E-state index contributed by atoms with van der Waals surface area (Å²) in [4.78, 5) is 10.3. The van der Waals surface area contributed by atoms with Crippen molar-refractivity contribution in [1.29, 1.82) is 0 Å². The minimum atomic E-state index is -4.18. The van der Waals surface area contributed by atoms with Crippen LogP contribution in [0.2, 0.25) is 5.02 Å². The van der Waals surface area contributed by atoms with E-state index in [4.69, 9.17) is 21.1 Å². The van der Waals surface area contributed by atoms with E-state index in [1.54, 1.807) is 36.4 Å². The van der Waals surface area contributed by atoms with E-state index < -0.39 is 14.9 Å². The molecule has 0 atom stereocenters. The summed E-state index contributed by atoms with van der Waals surface area (Å²) in [7, 11) is -1.26. The van der Waals surface area contributed by atoms with Crippen LogP contribution in [0, 0.1) is 10.1 Å². The molecule has 162 valence electrons. The van der Waals surface area contributed by atoms with Gasteiger partial charge in [0.15, 0.2) is 11.5 Å². The summed E-state index contributed by atoms with van der Waals surface area (Å²) in [5.41, 5.74) is 0.608. The van der Waals surface area contributed by atoms with Crippen LogP contribution in [0.1, 0.15) is 5.56 Å². The van der Waals surface area contributed by atoms with Crippen molar-refractivity contribution >= 4 is 33.0 Å². The Morgan fingerprint density at radius 2 is 1.68 bits per heavy atom. The Morgan fingerprint density at radius 3 is 2.32 bits per heavy atom. The van der Waals surface area contributed by atoms with Crippen LogP contribution in [-0.4, -0.2) is 27.6 Å². The summed E-state index contributed by atoms with van der Waals surface area (Å²) in [6.45, 7) is -0.0545. The second kappa shape index (κ2) is 9.23. The third kappa shape index (κ3) is 4.89. The second-order valence-electron chi connectivity index (χ2n) is 6.44. The Kier molecular flexibility index (Phi) is 6.67. The van der Waals surface area contributed by atoms with Gasteiger partial charge < -0.3 is 9.47 Å². The highest BCUT2D eigenvalue weighted by Crippen LogP contribution is 2.35. The van der Waals surface area contributed by atoms with E-state index >= 15 is 0 Å². The number of benzene rings is 3. The molecule has 10 heteroatoms. The molecule has 0 unspecified atom stereocenters. The Morgan fingerprint density at radius 1 is 0.968 bits per heavy atom. The molecular weight excluding hydrogens is 444 g/mol. The van der Waals surface area contributed by atoms with Crippen molar-refractivity contribution in [3.63, 3.8) is 0 Å². The Bertz CT molecular complexity index is 1220. The minimum Gasteiger partial charge on any atom is -0.493 e. The lowest BCUT2D eigenvalue weighted by molar-refractivity contribution is -0.385. The molecule has 31 heavy (non-hydrogen) atoms. The van der Waals surface area contributed by atoms with Gasteiger partial charge in [-0.3, -0.25) is 14.4 Å². The molecule has 3 rings (SSSR count). The summed E-state index contributed by atoms with van der Waals surface area (Å²) < 4.78 is 38.8. The molecule has 0 fully saturated rings. The molecule has 3 aromatic carbocycles. The van der Waals surface area contributed by atoms with Crippen LogP contribution in [0.3, 0.4) is 0 Å². The molecular formula is C21H19ClN2O6S. The molecule has 0 aliphatic heterocycles. The Balaban J connectivity index is 2.15. The zero-order valence-corrected chi connectivity index (χ0v) is 18.3. The predicted molar refractivity (Wildman–Crippen MR) is 117 cm³/mol. The van der Waals surface area contributed by atoms with Gasteiger partial charge in [-0.05, 0) is 35.9 Å². The summed E-state index contributed by atoms with van der Waals surface area (Å²) in [5.74, 6) is 0.770. The number of rotatable bonds is 8. The first-order valence-corrected chi connectivity index (χ1v) is 10.8. The van der Waals surface area contributed by atoms with E-state index in [1.807, 2.05) is 0 Å². The topological polar surface area (TPSA) is 99.0 Å². The number of non-ortho nitro benzene ring substituents is 1. The van der Waals surface area contributed by atoms with Crippen LogP contribution in [0.4, 0.5) is 11.4 Å². The summed E-state index contributed by atoms with van der Waals surface area (Å²) >= 11 is 6.07. The standard InChI is InChI=1S/C21H19ClN2O6S/c1-29-20-10-9-17(13-21(20)30-2)23(14-15-5-3-6-16(22)11-15)31(27,28)19-8-4-7-18(12-19)24(25)26/h3-13H,14H2,1-2H3. The number of methoxy groups -OCH3 is 2. The second-order valence-corrected chi connectivity index (χ2v) is 8.73. The van der Waals surface area contributed by atoms with Crippen molar-refractivity contribution in [2.75, 3.05) is 18.5 Å². The van der Waals surface area contributed by atoms with Crippen LogP contribution in [0.5, 0.6) is 11.5 Å². The van der Waals surface area contributed by atoms with Crippen molar-refractivity contribution in [3.05, 3.63) is 87.4 Å². The number of hydrogen-bond donors (Lipinski definition) is 0. The van der Waals surface area contributed by atoms with Crippen LogP contribution in [-0.2, 0) is 16.6 Å². The van der Waals surface area contributed by atoms with E-state index in [0.29, 0.717) is 27.8 Å². The molecule has 0 N–H and O–H groups in total. The predicted octanol–water partition coefficient (Wildman–Crippen LogP) is 4.66. The highest BCUT2D eigenvalue weighted by molar-refractivity contribution is 7.92. The van der Waals surface area contributed by atoms with E-state index in [2.05, 4.69) is 0 Å². The third-order valence-corrected chi connectivity index (χ3v) is 6.49. The van der Waals surface area contributed by atoms with Gasteiger partial charge >= 0.3 is 0 Å². The molecule has 3 aromatic rings. The first kappa shape index (κ1) is 22.4. The number of nitro benzene ring substituents is 1. The van der Waals surface area contributed by atoms with Crippen LogP contribution in [0.15, 0.2) is 71.6 Å². The van der Waals surface area contributed by atoms with Crippen LogP contribution in [0.25, 0.3) is 0 Å². The van der Waals surface area contributed by atoms with Gasteiger partial charge in [0.1, 0.15) is 0 Å². The molecule has 0 spiro atoms. The monoisotopic (exact) mass is 462 g/mol. The van der Waals surface area contributed by atoms with E-state index in [9.17, 15) is 18.5 Å². The zero-order chi connectivity index (χ0) is 22.6. The fourth-order valence-corrected chi connectivity index (χ4v) is 4.68. The summed E-state index contributed by atoms with van der Waals surface area (Å²) in [6, 6.07) is 16.4. The summed E-state index contributed by atoms with van der Waals surface area (Å²) in [5, 5.41) is 11.6. The van der Waals surface area contributed by atoms with E-state index in [-0.39, 0.29) is 17.1 Å². The maximum Gasteiger partial charge on any atom is 0.270 e. The molecule has 0 aromatic heterocycles. The van der Waals surface area contributed by atoms with Crippen molar-refractivity contribution in [2.24, 2.45) is 0 Å². The Hall–Kier alpha value is -3.30. The summed E-state index contributed by atoms with van der Waals surface area (Å²) in [6.07, 6.45) is 0. The average molecular weight is 463 g/mol. The van der Waals surface area contributed by atoms with Gasteiger partial charge in [-0.2, -0.15) is 0 Å². The molecule has 0 heterocycles. The lowest BCUT2D eigenvalue weighted by Gasteiger charge is -2.25. The van der Waals surface area contributed by atoms with E-state index in [1.165, 1.54) is 38.5 Å². The minimum absolute atomic E-state index is 0.0545. The fraction of sp³-hybridized carbons (Fsp3) is 0.143. The third-order valence-electron chi connectivity index (χ3n) is 4.49. The maximum atomic E-state index is 13.5. The first-order valence-electron chi connectivity index (χ1n) is 9.00. The normalized spacial score (nSPS) is 11.1. The molecule has 0 bridgehead atoms. The van der Waals surface area contributed by atoms with Crippen LogP contribution < -0.4 is 13.8 Å². The molecule has 0 saturated heterocycles. The van der Waals surface area contributed by atoms with Gasteiger partial charge in [-0.1, -0.05) is 29.8 Å². The van der Waals surface area contributed by atoms with Crippen molar-refractivity contribution in [3.8, 4) is 11.5 Å². The Labute approximate surface area is 184 Å². The number of nitrogens with zero attached hydrogens (tertiary/aromatic N) is 2. The molecule has 0 aliphatic rings. The van der Waals surface area contributed by atoms with Gasteiger partial charge in [0.05, 0.1) is 36.3 Å². The number of ether oxygens (including phenoxy) is 2. The van der Waals surface area contributed by atoms with Gasteiger partial charge in [0.2, 0.25) is 0 Å². The largest absolute Gasteiger partial charge is 0.493 e. The number of nitro groups is 1. The van der Waals surface area contributed by atoms with Crippen molar-refractivity contribution in [2.45, 2.75) is 11.4 Å². The van der Waals surface area contributed by atoms with Crippen LogP contribution >= 0.6 is 11.6 Å². The average Bonchev–Trinajstić information content (AvgIpc) is 2.77. The smallest absolute Gasteiger partial charge is 0.270 e. The van der Waals surface area contributed by atoms with Crippen molar-refractivity contribution in [1.82, 2.24) is 0 Å². The molecule has 0 aliphatic carbocycles. The first-order chi connectivity index (χ1) is 14.8.